The van der Waals surface area contributed by atoms with Crippen molar-refractivity contribution in [3.63, 3.8) is 0 Å². The molecule has 0 aromatic carbocycles. The van der Waals surface area contributed by atoms with Crippen molar-refractivity contribution in [2.24, 2.45) is 11.8 Å². The molecule has 18 heavy (non-hydrogen) atoms. The molecule has 1 amide bonds. The fourth-order valence-corrected chi connectivity index (χ4v) is 2.90. The molecule has 3 heteroatoms. The van der Waals surface area contributed by atoms with Gasteiger partial charge in [-0.05, 0) is 51.1 Å². The van der Waals surface area contributed by atoms with E-state index in [1.807, 2.05) is 0 Å². The molecule has 1 saturated carbocycles. The molecule has 1 unspecified atom stereocenters. The molecule has 0 radical (unpaired) electrons. The fourth-order valence-electron chi connectivity index (χ4n) is 2.90. The summed E-state index contributed by atoms with van der Waals surface area (Å²) < 4.78 is 0. The number of nitrogens with one attached hydrogen (secondary N) is 1. The number of likely N-dealkylation sites (tertiary alicyclic amines) is 1. The number of piperidine rings is 1. The van der Waals surface area contributed by atoms with Crippen LogP contribution in [0.1, 0.15) is 52.4 Å². The molecule has 1 saturated heterocycles. The molecule has 0 aromatic heterocycles. The third-order valence-corrected chi connectivity index (χ3v) is 4.11. The highest BCUT2D eigenvalue weighted by atomic mass is 16.2. The zero-order chi connectivity index (χ0) is 13.0. The van der Waals surface area contributed by atoms with Crippen molar-refractivity contribution in [1.82, 2.24) is 10.2 Å². The summed E-state index contributed by atoms with van der Waals surface area (Å²) in [7, 11) is 0. The lowest BCUT2D eigenvalue weighted by molar-refractivity contribution is -0.122. The monoisotopic (exact) mass is 252 g/mol. The van der Waals surface area contributed by atoms with E-state index in [0.717, 1.165) is 19.4 Å². The Labute approximate surface area is 111 Å². The highest BCUT2D eigenvalue weighted by molar-refractivity contribution is 5.80. The molecule has 1 aliphatic carbocycles. The van der Waals surface area contributed by atoms with Crippen molar-refractivity contribution in [2.75, 3.05) is 19.6 Å². The van der Waals surface area contributed by atoms with E-state index in [1.54, 1.807) is 0 Å². The molecular weight excluding hydrogens is 224 g/mol. The van der Waals surface area contributed by atoms with Crippen molar-refractivity contribution in [3.8, 4) is 0 Å². The summed E-state index contributed by atoms with van der Waals surface area (Å²) in [5, 5.41) is 3.17. The van der Waals surface area contributed by atoms with Crippen LogP contribution in [-0.4, -0.2) is 36.5 Å². The highest BCUT2D eigenvalue weighted by Crippen LogP contribution is 2.28. The molecule has 2 rings (SSSR count). The molecule has 0 bridgehead atoms. The Morgan fingerprint density at radius 2 is 1.89 bits per heavy atom. The molecule has 1 heterocycles. The molecule has 1 N–H and O–H groups in total. The fraction of sp³-hybridized carbons (Fsp3) is 0.933. The third-order valence-electron chi connectivity index (χ3n) is 4.11. The minimum Gasteiger partial charge on any atom is -0.354 e. The van der Waals surface area contributed by atoms with E-state index in [9.17, 15) is 4.79 Å². The zero-order valence-corrected chi connectivity index (χ0v) is 12.0. The molecule has 104 valence electrons. The van der Waals surface area contributed by atoms with Crippen LogP contribution in [0.2, 0.25) is 0 Å². The van der Waals surface area contributed by atoms with Crippen molar-refractivity contribution in [2.45, 2.75) is 58.4 Å². The van der Waals surface area contributed by atoms with E-state index in [-0.39, 0.29) is 0 Å². The van der Waals surface area contributed by atoms with Crippen LogP contribution in [0.3, 0.4) is 0 Å². The van der Waals surface area contributed by atoms with Gasteiger partial charge >= 0.3 is 0 Å². The van der Waals surface area contributed by atoms with Crippen LogP contribution in [0.25, 0.3) is 0 Å². The summed E-state index contributed by atoms with van der Waals surface area (Å²) in [6.07, 6.45) is 7.43. The first-order valence-electron chi connectivity index (χ1n) is 7.68. The molecule has 0 aromatic rings. The van der Waals surface area contributed by atoms with Crippen LogP contribution in [0.15, 0.2) is 0 Å². The summed E-state index contributed by atoms with van der Waals surface area (Å²) in [6, 6.07) is 0.549. The Hall–Kier alpha value is -0.570. The molecule has 1 aliphatic heterocycles. The highest BCUT2D eigenvalue weighted by Gasteiger charge is 2.30. The van der Waals surface area contributed by atoms with Gasteiger partial charge in [0, 0.05) is 18.5 Å². The summed E-state index contributed by atoms with van der Waals surface area (Å²) in [4.78, 5) is 14.3. The molecule has 1 atom stereocenters. The van der Waals surface area contributed by atoms with Crippen LogP contribution in [0, 0.1) is 11.8 Å². The average molecular weight is 252 g/mol. The lowest BCUT2D eigenvalue weighted by Gasteiger charge is -2.35. The van der Waals surface area contributed by atoms with Crippen LogP contribution in [0.5, 0.6) is 0 Å². The van der Waals surface area contributed by atoms with Crippen LogP contribution in [-0.2, 0) is 4.79 Å². The lowest BCUT2D eigenvalue weighted by Crippen LogP contribution is -2.47. The molecular formula is C15H28N2O. The summed E-state index contributed by atoms with van der Waals surface area (Å²) >= 11 is 0. The largest absolute Gasteiger partial charge is 0.354 e. The first-order valence-corrected chi connectivity index (χ1v) is 7.68. The number of carbonyl (C=O) groups excluding carboxylic acids is 1. The van der Waals surface area contributed by atoms with Gasteiger partial charge in [0.25, 0.3) is 0 Å². The summed E-state index contributed by atoms with van der Waals surface area (Å²) in [5.74, 6) is 1.33. The zero-order valence-electron chi connectivity index (χ0n) is 12.0. The molecule has 2 fully saturated rings. The van der Waals surface area contributed by atoms with Gasteiger partial charge in [0.2, 0.25) is 5.91 Å². The van der Waals surface area contributed by atoms with E-state index in [0.29, 0.717) is 23.8 Å². The number of carbonyl (C=O) groups is 1. The maximum absolute atomic E-state index is 11.7. The normalized spacial score (nSPS) is 23.1. The van der Waals surface area contributed by atoms with Gasteiger partial charge in [-0.1, -0.05) is 20.3 Å². The number of hydrogen-bond donors (Lipinski definition) is 1. The van der Waals surface area contributed by atoms with Crippen molar-refractivity contribution in [1.29, 1.82) is 0 Å². The van der Waals surface area contributed by atoms with E-state index in [1.165, 1.54) is 38.8 Å². The van der Waals surface area contributed by atoms with Crippen molar-refractivity contribution < 1.29 is 4.79 Å². The van der Waals surface area contributed by atoms with Crippen LogP contribution < -0.4 is 5.32 Å². The van der Waals surface area contributed by atoms with Gasteiger partial charge in [-0.25, -0.2) is 0 Å². The second-order valence-corrected chi connectivity index (χ2v) is 6.40. The first-order chi connectivity index (χ1) is 8.66. The van der Waals surface area contributed by atoms with Gasteiger partial charge in [-0.15, -0.1) is 0 Å². The third kappa shape index (κ3) is 4.27. The van der Waals surface area contributed by atoms with Crippen molar-refractivity contribution in [3.05, 3.63) is 0 Å². The van der Waals surface area contributed by atoms with Crippen molar-refractivity contribution >= 4 is 5.91 Å². The van der Waals surface area contributed by atoms with E-state index in [4.69, 9.17) is 0 Å². The quantitative estimate of drug-likeness (QED) is 0.787. The summed E-state index contributed by atoms with van der Waals surface area (Å²) in [5.41, 5.74) is 0. The number of nitrogens with zero attached hydrogens (tertiary/aromatic N) is 1. The Morgan fingerprint density at radius 1 is 1.22 bits per heavy atom. The number of hydrogen-bond acceptors (Lipinski definition) is 2. The Kier molecular flexibility index (Phi) is 5.04. The Morgan fingerprint density at radius 3 is 2.44 bits per heavy atom. The SMILES string of the molecule is CC(C)CC(CNC(=O)C1CC1)N1CCCCC1. The van der Waals surface area contributed by atoms with Gasteiger partial charge in [-0.3, -0.25) is 9.69 Å². The van der Waals surface area contributed by atoms with Crippen LogP contribution in [0.4, 0.5) is 0 Å². The second-order valence-electron chi connectivity index (χ2n) is 6.40. The number of rotatable bonds is 6. The summed E-state index contributed by atoms with van der Waals surface area (Å²) in [6.45, 7) is 7.85. The van der Waals surface area contributed by atoms with Gasteiger partial charge in [0.05, 0.1) is 0 Å². The lowest BCUT2D eigenvalue weighted by atomic mass is 9.99. The maximum atomic E-state index is 11.7. The molecule has 2 aliphatic rings. The van der Waals surface area contributed by atoms with Gasteiger partial charge in [-0.2, -0.15) is 0 Å². The van der Waals surface area contributed by atoms with Gasteiger partial charge < -0.3 is 5.32 Å². The predicted molar refractivity (Wildman–Crippen MR) is 74.4 cm³/mol. The standard InChI is InChI=1S/C15H28N2O/c1-12(2)10-14(17-8-4-3-5-9-17)11-16-15(18)13-6-7-13/h12-14H,3-11H2,1-2H3,(H,16,18). The maximum Gasteiger partial charge on any atom is 0.223 e. The predicted octanol–water partition coefficient (Wildman–Crippen LogP) is 2.41. The number of amides is 1. The van der Waals surface area contributed by atoms with Crippen LogP contribution >= 0.6 is 0 Å². The molecule has 0 spiro atoms. The second kappa shape index (κ2) is 6.55. The van der Waals surface area contributed by atoms with Gasteiger partial charge in [0.15, 0.2) is 0 Å². The topological polar surface area (TPSA) is 32.3 Å². The Bertz CT molecular complexity index is 268. The minimum absolute atomic E-state index is 0.292. The smallest absolute Gasteiger partial charge is 0.223 e. The first kappa shape index (κ1) is 13.9. The van der Waals surface area contributed by atoms with E-state index in [2.05, 4.69) is 24.1 Å². The van der Waals surface area contributed by atoms with E-state index >= 15 is 0 Å². The molecule has 3 nitrogen and oxygen atoms in total. The Balaban J connectivity index is 1.80. The minimum atomic E-state index is 0.292. The van der Waals surface area contributed by atoms with E-state index < -0.39 is 0 Å². The van der Waals surface area contributed by atoms with Gasteiger partial charge in [0.1, 0.15) is 0 Å². The average Bonchev–Trinajstić information content (AvgIpc) is 3.19.